The molecule has 1 amide bonds. The van der Waals surface area contributed by atoms with Crippen LogP contribution in [0.5, 0.6) is 0 Å². The van der Waals surface area contributed by atoms with E-state index in [1.165, 1.54) is 12.1 Å². The van der Waals surface area contributed by atoms with Gasteiger partial charge in [0.2, 0.25) is 0 Å². The summed E-state index contributed by atoms with van der Waals surface area (Å²) < 4.78 is 60.8. The Morgan fingerprint density at radius 3 is 1.95 bits per heavy atom. The summed E-state index contributed by atoms with van der Waals surface area (Å²) in [4.78, 5) is 10.8. The van der Waals surface area contributed by atoms with Crippen LogP contribution in [-0.4, -0.2) is 18.0 Å². The Hall–Kier alpha value is -1.70. The van der Waals surface area contributed by atoms with Crippen molar-refractivity contribution in [2.24, 2.45) is 5.73 Å². The minimum Gasteiger partial charge on any atom is -0.346 e. The minimum absolute atomic E-state index is 0.277. The number of nitrogens with two attached hydrogens (primary N) is 1. The van der Waals surface area contributed by atoms with E-state index in [1.807, 2.05) is 0 Å². The Labute approximate surface area is 105 Å². The summed E-state index contributed by atoms with van der Waals surface area (Å²) in [6, 6.07) is 6.13. The van der Waals surface area contributed by atoms with Gasteiger partial charge < -0.3 is 11.1 Å². The zero-order valence-corrected chi connectivity index (χ0v) is 9.60. The van der Waals surface area contributed by atoms with Crippen molar-refractivity contribution >= 4 is 5.91 Å². The Morgan fingerprint density at radius 2 is 1.53 bits per heavy atom. The van der Waals surface area contributed by atoms with Gasteiger partial charge in [-0.3, -0.25) is 4.79 Å². The third-order valence-electron chi connectivity index (χ3n) is 2.35. The standard InChI is InChI=1S/C11H11F5N2O/c12-10(13,11(14,15)16)9(19)18-6-8-3-1-7(5-17)2-4-8/h1-4H,5-6,17H2,(H,18,19). The number of hydrogen-bond acceptors (Lipinski definition) is 2. The lowest BCUT2D eigenvalue weighted by Crippen LogP contribution is -2.50. The topological polar surface area (TPSA) is 55.1 Å². The molecular formula is C11H11F5N2O. The molecular weight excluding hydrogens is 271 g/mol. The molecule has 0 fully saturated rings. The smallest absolute Gasteiger partial charge is 0.346 e. The fraction of sp³-hybridized carbons (Fsp3) is 0.364. The van der Waals surface area contributed by atoms with Gasteiger partial charge in [-0.2, -0.15) is 22.0 Å². The molecule has 106 valence electrons. The molecule has 0 aromatic heterocycles. The number of halogens is 5. The van der Waals surface area contributed by atoms with Crippen molar-refractivity contribution in [3.05, 3.63) is 35.4 Å². The van der Waals surface area contributed by atoms with Crippen molar-refractivity contribution in [1.82, 2.24) is 5.32 Å². The summed E-state index contributed by atoms with van der Waals surface area (Å²) in [5.41, 5.74) is 6.50. The van der Waals surface area contributed by atoms with Crippen LogP contribution in [0.3, 0.4) is 0 Å². The molecule has 0 atom stereocenters. The molecule has 0 aliphatic rings. The van der Waals surface area contributed by atoms with Gasteiger partial charge in [0.05, 0.1) is 0 Å². The normalized spacial score (nSPS) is 12.3. The minimum atomic E-state index is -5.90. The summed E-state index contributed by atoms with van der Waals surface area (Å²) in [5.74, 6) is -7.77. The molecule has 0 spiro atoms. The van der Waals surface area contributed by atoms with Gasteiger partial charge in [-0.25, -0.2) is 0 Å². The third kappa shape index (κ3) is 3.63. The van der Waals surface area contributed by atoms with Crippen LogP contribution in [0.15, 0.2) is 24.3 Å². The number of alkyl halides is 5. The number of amides is 1. The van der Waals surface area contributed by atoms with Crippen LogP contribution in [0, 0.1) is 0 Å². The number of carbonyl (C=O) groups is 1. The molecule has 0 aliphatic heterocycles. The highest BCUT2D eigenvalue weighted by Gasteiger charge is 2.63. The molecule has 0 bridgehead atoms. The highest BCUT2D eigenvalue weighted by molar-refractivity contribution is 5.84. The van der Waals surface area contributed by atoms with Gasteiger partial charge in [-0.05, 0) is 11.1 Å². The van der Waals surface area contributed by atoms with E-state index in [0.29, 0.717) is 5.56 Å². The summed E-state index contributed by atoms with van der Waals surface area (Å²) in [7, 11) is 0. The number of hydrogen-bond donors (Lipinski definition) is 2. The van der Waals surface area contributed by atoms with E-state index in [0.717, 1.165) is 5.56 Å². The summed E-state index contributed by atoms with van der Waals surface area (Å²) in [6.07, 6.45) is -5.90. The maximum atomic E-state index is 12.6. The predicted octanol–water partition coefficient (Wildman–Crippen LogP) is 1.96. The van der Waals surface area contributed by atoms with Crippen LogP contribution >= 0.6 is 0 Å². The maximum Gasteiger partial charge on any atom is 0.463 e. The van der Waals surface area contributed by atoms with Crippen molar-refractivity contribution < 1.29 is 26.7 Å². The van der Waals surface area contributed by atoms with E-state index in [4.69, 9.17) is 5.73 Å². The average Bonchev–Trinajstić information content (AvgIpc) is 2.35. The number of benzene rings is 1. The van der Waals surface area contributed by atoms with Gasteiger partial charge in [0, 0.05) is 13.1 Å². The van der Waals surface area contributed by atoms with Gasteiger partial charge in [-0.1, -0.05) is 24.3 Å². The van der Waals surface area contributed by atoms with Crippen molar-refractivity contribution in [2.45, 2.75) is 25.2 Å². The Kier molecular flexibility index (Phi) is 4.46. The number of carbonyl (C=O) groups excluding carboxylic acids is 1. The van der Waals surface area contributed by atoms with E-state index >= 15 is 0 Å². The first-order valence-corrected chi connectivity index (χ1v) is 5.19. The SMILES string of the molecule is NCc1ccc(CNC(=O)C(F)(F)C(F)(F)F)cc1. The largest absolute Gasteiger partial charge is 0.463 e. The number of rotatable bonds is 4. The molecule has 0 radical (unpaired) electrons. The predicted molar refractivity (Wildman–Crippen MR) is 57.2 cm³/mol. The lowest BCUT2D eigenvalue weighted by molar-refractivity contribution is -0.269. The van der Waals surface area contributed by atoms with Crippen LogP contribution in [0.4, 0.5) is 22.0 Å². The summed E-state index contributed by atoms with van der Waals surface area (Å²) >= 11 is 0. The second-order valence-corrected chi connectivity index (χ2v) is 3.78. The quantitative estimate of drug-likeness (QED) is 0.829. The van der Waals surface area contributed by atoms with Crippen molar-refractivity contribution in [2.75, 3.05) is 0 Å². The van der Waals surface area contributed by atoms with Crippen molar-refractivity contribution in [3.8, 4) is 0 Å². The molecule has 1 aromatic carbocycles. The Bertz CT molecular complexity index is 441. The molecule has 1 aromatic rings. The highest BCUT2D eigenvalue weighted by Crippen LogP contribution is 2.35. The first-order valence-electron chi connectivity index (χ1n) is 5.19. The Morgan fingerprint density at radius 1 is 1.05 bits per heavy atom. The van der Waals surface area contributed by atoms with Crippen LogP contribution in [0.1, 0.15) is 11.1 Å². The van der Waals surface area contributed by atoms with E-state index < -0.39 is 24.6 Å². The van der Waals surface area contributed by atoms with Gasteiger partial charge in [0.1, 0.15) is 0 Å². The van der Waals surface area contributed by atoms with Crippen molar-refractivity contribution in [3.63, 3.8) is 0 Å². The average molecular weight is 282 g/mol. The van der Waals surface area contributed by atoms with Crippen LogP contribution < -0.4 is 11.1 Å². The van der Waals surface area contributed by atoms with E-state index in [2.05, 4.69) is 0 Å². The second-order valence-electron chi connectivity index (χ2n) is 3.78. The molecule has 0 saturated heterocycles. The zero-order chi connectivity index (χ0) is 14.7. The lowest BCUT2D eigenvalue weighted by atomic mass is 10.1. The van der Waals surface area contributed by atoms with Gasteiger partial charge in [-0.15, -0.1) is 0 Å². The van der Waals surface area contributed by atoms with Crippen molar-refractivity contribution in [1.29, 1.82) is 0 Å². The highest BCUT2D eigenvalue weighted by atomic mass is 19.4. The molecule has 3 N–H and O–H groups in total. The Balaban J connectivity index is 2.63. The summed E-state index contributed by atoms with van der Waals surface area (Å²) in [5, 5.41) is 1.54. The fourth-order valence-electron chi connectivity index (χ4n) is 1.22. The first kappa shape index (κ1) is 15.4. The molecule has 19 heavy (non-hydrogen) atoms. The monoisotopic (exact) mass is 282 g/mol. The molecule has 0 heterocycles. The zero-order valence-electron chi connectivity index (χ0n) is 9.60. The third-order valence-corrected chi connectivity index (χ3v) is 2.35. The lowest BCUT2D eigenvalue weighted by Gasteiger charge is -2.18. The fourth-order valence-corrected chi connectivity index (χ4v) is 1.22. The second kappa shape index (κ2) is 5.52. The molecule has 1 rings (SSSR count). The van der Waals surface area contributed by atoms with Gasteiger partial charge >= 0.3 is 18.0 Å². The van der Waals surface area contributed by atoms with E-state index in [-0.39, 0.29) is 6.54 Å². The molecule has 8 heteroatoms. The van der Waals surface area contributed by atoms with Crippen LogP contribution in [-0.2, 0) is 17.9 Å². The van der Waals surface area contributed by atoms with Crippen LogP contribution in [0.2, 0.25) is 0 Å². The number of nitrogens with one attached hydrogen (secondary N) is 1. The molecule has 3 nitrogen and oxygen atoms in total. The van der Waals surface area contributed by atoms with Crippen LogP contribution in [0.25, 0.3) is 0 Å². The molecule has 0 saturated carbocycles. The first-order chi connectivity index (χ1) is 8.68. The van der Waals surface area contributed by atoms with E-state index in [9.17, 15) is 26.7 Å². The maximum absolute atomic E-state index is 12.6. The van der Waals surface area contributed by atoms with E-state index in [1.54, 1.807) is 17.4 Å². The summed E-state index contributed by atoms with van der Waals surface area (Å²) in [6.45, 7) is -0.145. The molecule has 0 unspecified atom stereocenters. The van der Waals surface area contributed by atoms with Gasteiger partial charge in [0.25, 0.3) is 0 Å². The molecule has 0 aliphatic carbocycles. The van der Waals surface area contributed by atoms with Gasteiger partial charge in [0.15, 0.2) is 0 Å².